The van der Waals surface area contributed by atoms with Crippen LogP contribution in [0.2, 0.25) is 0 Å². The molecule has 2 rings (SSSR count). The zero-order valence-electron chi connectivity index (χ0n) is 10.3. The highest BCUT2D eigenvalue weighted by Crippen LogP contribution is 2.21. The first-order chi connectivity index (χ1) is 8.11. The molecule has 0 aliphatic carbocycles. The van der Waals surface area contributed by atoms with E-state index in [0.29, 0.717) is 0 Å². The number of nitrogens with zero attached hydrogens (tertiary/aromatic N) is 4. The second kappa shape index (κ2) is 4.93. The summed E-state index contributed by atoms with van der Waals surface area (Å²) < 4.78 is 5.82. The van der Waals surface area contributed by atoms with Gasteiger partial charge in [0, 0.05) is 25.2 Å². The van der Waals surface area contributed by atoms with Crippen LogP contribution in [0.5, 0.6) is 0 Å². The Morgan fingerprint density at radius 3 is 2.82 bits per heavy atom. The molecule has 1 unspecified atom stereocenters. The fourth-order valence-corrected chi connectivity index (χ4v) is 2.47. The zero-order valence-corrected chi connectivity index (χ0v) is 11.2. The van der Waals surface area contributed by atoms with Gasteiger partial charge in [-0.3, -0.25) is 4.68 Å². The maximum absolute atomic E-state index is 6.18. The molecule has 0 radical (unpaired) electrons. The lowest BCUT2D eigenvalue weighted by atomic mass is 10.1. The number of aryl methyl sites for hydroxylation is 3. The molecule has 1 atom stereocenters. The fraction of sp³-hybridized carbons (Fsp3) is 0.545. The van der Waals surface area contributed by atoms with E-state index in [0.717, 1.165) is 34.8 Å². The summed E-state index contributed by atoms with van der Waals surface area (Å²) in [6.45, 7) is 4.04. The number of hydrogen-bond acceptors (Lipinski definition) is 5. The summed E-state index contributed by atoms with van der Waals surface area (Å²) in [5, 5.41) is 8.41. The molecule has 17 heavy (non-hydrogen) atoms. The predicted octanol–water partition coefficient (Wildman–Crippen LogP) is 1.38. The second-order valence-electron chi connectivity index (χ2n) is 4.14. The van der Waals surface area contributed by atoms with Gasteiger partial charge in [-0.15, -0.1) is 5.10 Å². The van der Waals surface area contributed by atoms with E-state index in [1.165, 1.54) is 11.5 Å². The van der Waals surface area contributed by atoms with E-state index in [2.05, 4.69) is 27.7 Å². The van der Waals surface area contributed by atoms with Crippen molar-refractivity contribution in [1.29, 1.82) is 0 Å². The van der Waals surface area contributed by atoms with Crippen LogP contribution >= 0.6 is 11.5 Å². The Morgan fingerprint density at radius 1 is 1.53 bits per heavy atom. The molecule has 92 valence electrons. The first kappa shape index (κ1) is 12.2. The Hall–Kier alpha value is -1.27. The Bertz CT molecular complexity index is 502. The van der Waals surface area contributed by atoms with Crippen LogP contribution in [-0.2, 0) is 19.9 Å². The van der Waals surface area contributed by atoms with E-state index in [1.54, 1.807) is 0 Å². The van der Waals surface area contributed by atoms with E-state index in [-0.39, 0.29) is 6.04 Å². The monoisotopic (exact) mass is 251 g/mol. The Kier molecular flexibility index (Phi) is 3.54. The van der Waals surface area contributed by atoms with Gasteiger partial charge in [-0.2, -0.15) is 5.10 Å². The van der Waals surface area contributed by atoms with Crippen molar-refractivity contribution in [2.24, 2.45) is 12.8 Å². The minimum atomic E-state index is -0.0462. The Morgan fingerprint density at radius 2 is 2.29 bits per heavy atom. The molecule has 0 spiro atoms. The largest absolute Gasteiger partial charge is 0.323 e. The minimum absolute atomic E-state index is 0.0462. The summed E-state index contributed by atoms with van der Waals surface area (Å²) in [7, 11) is 1.96. The van der Waals surface area contributed by atoms with E-state index in [9.17, 15) is 0 Å². The topological polar surface area (TPSA) is 69.6 Å². The van der Waals surface area contributed by atoms with Crippen LogP contribution in [0, 0.1) is 6.92 Å². The van der Waals surface area contributed by atoms with Crippen LogP contribution in [0.25, 0.3) is 0 Å². The highest BCUT2D eigenvalue weighted by atomic mass is 32.1. The maximum atomic E-state index is 6.18. The summed E-state index contributed by atoms with van der Waals surface area (Å²) in [5.41, 5.74) is 9.37. The summed E-state index contributed by atoms with van der Waals surface area (Å²) in [4.78, 5) is 1.06. The van der Waals surface area contributed by atoms with E-state index in [1.807, 2.05) is 18.7 Å². The van der Waals surface area contributed by atoms with Crippen molar-refractivity contribution < 1.29 is 0 Å². The third kappa shape index (κ3) is 2.53. The summed E-state index contributed by atoms with van der Waals surface area (Å²) in [6, 6.07) is 2.07. The van der Waals surface area contributed by atoms with Crippen molar-refractivity contribution >= 4 is 11.5 Å². The molecule has 0 aliphatic heterocycles. The van der Waals surface area contributed by atoms with Gasteiger partial charge < -0.3 is 5.73 Å². The normalized spacial score (nSPS) is 12.9. The van der Waals surface area contributed by atoms with Crippen LogP contribution in [0.15, 0.2) is 6.07 Å². The molecule has 0 fully saturated rings. The van der Waals surface area contributed by atoms with Crippen LogP contribution in [0.1, 0.15) is 34.9 Å². The molecule has 0 aromatic carbocycles. The lowest BCUT2D eigenvalue weighted by Crippen LogP contribution is -2.15. The smallest absolute Gasteiger partial charge is 0.0772 e. The molecule has 2 heterocycles. The van der Waals surface area contributed by atoms with Gasteiger partial charge in [-0.25, -0.2) is 0 Å². The van der Waals surface area contributed by atoms with Crippen molar-refractivity contribution in [2.75, 3.05) is 0 Å². The average Bonchev–Trinajstić information content (AvgIpc) is 2.86. The third-order valence-electron chi connectivity index (χ3n) is 2.84. The van der Waals surface area contributed by atoms with Gasteiger partial charge >= 0.3 is 0 Å². The quantitative estimate of drug-likeness (QED) is 0.891. The molecule has 0 bridgehead atoms. The van der Waals surface area contributed by atoms with Crippen molar-refractivity contribution in [3.05, 3.63) is 28.0 Å². The standard InChI is InChI=1S/C11H17N5S/c1-4-8-5-9(16(3)14-8)6-10(12)11-7(2)13-15-17-11/h5,10H,4,6,12H2,1-3H3. The van der Waals surface area contributed by atoms with Crippen LogP contribution in [0.4, 0.5) is 0 Å². The van der Waals surface area contributed by atoms with Gasteiger partial charge in [0.25, 0.3) is 0 Å². The third-order valence-corrected chi connectivity index (χ3v) is 3.80. The van der Waals surface area contributed by atoms with Gasteiger partial charge in [0.05, 0.1) is 16.3 Å². The van der Waals surface area contributed by atoms with Gasteiger partial charge in [-0.1, -0.05) is 11.4 Å². The van der Waals surface area contributed by atoms with Gasteiger partial charge in [0.1, 0.15) is 0 Å². The highest BCUT2D eigenvalue weighted by molar-refractivity contribution is 7.05. The maximum Gasteiger partial charge on any atom is 0.0772 e. The molecule has 5 nitrogen and oxygen atoms in total. The molecule has 2 aromatic rings. The van der Waals surface area contributed by atoms with Gasteiger partial charge in [0.2, 0.25) is 0 Å². The molecular weight excluding hydrogens is 234 g/mol. The summed E-state index contributed by atoms with van der Waals surface area (Å²) in [5.74, 6) is 0. The molecule has 6 heteroatoms. The zero-order chi connectivity index (χ0) is 12.4. The molecule has 0 aliphatic rings. The number of nitrogens with two attached hydrogens (primary N) is 1. The van der Waals surface area contributed by atoms with E-state index >= 15 is 0 Å². The van der Waals surface area contributed by atoms with Gasteiger partial charge in [0.15, 0.2) is 0 Å². The SMILES string of the molecule is CCc1cc(CC(N)c2snnc2C)n(C)n1. The first-order valence-corrected chi connectivity index (χ1v) is 6.45. The predicted molar refractivity (Wildman–Crippen MR) is 67.9 cm³/mol. The van der Waals surface area contributed by atoms with Crippen molar-refractivity contribution in [3.63, 3.8) is 0 Å². The van der Waals surface area contributed by atoms with Crippen molar-refractivity contribution in [3.8, 4) is 0 Å². The number of aromatic nitrogens is 4. The molecule has 0 amide bonds. The molecule has 0 saturated heterocycles. The van der Waals surface area contributed by atoms with E-state index < -0.39 is 0 Å². The average molecular weight is 251 g/mol. The summed E-state index contributed by atoms with van der Waals surface area (Å²) >= 11 is 1.38. The van der Waals surface area contributed by atoms with Crippen molar-refractivity contribution in [2.45, 2.75) is 32.7 Å². The molecule has 2 aromatic heterocycles. The van der Waals surface area contributed by atoms with Crippen LogP contribution in [0.3, 0.4) is 0 Å². The molecule has 0 saturated carbocycles. The van der Waals surface area contributed by atoms with Gasteiger partial charge in [-0.05, 0) is 30.9 Å². The van der Waals surface area contributed by atoms with Crippen LogP contribution < -0.4 is 5.73 Å². The highest BCUT2D eigenvalue weighted by Gasteiger charge is 2.15. The Balaban J connectivity index is 2.15. The summed E-state index contributed by atoms with van der Waals surface area (Å²) in [6.07, 6.45) is 1.72. The Labute approximate surface area is 105 Å². The second-order valence-corrected chi connectivity index (χ2v) is 4.92. The van der Waals surface area contributed by atoms with Crippen LogP contribution in [-0.4, -0.2) is 19.4 Å². The fourth-order valence-electron chi connectivity index (χ4n) is 1.83. The lowest BCUT2D eigenvalue weighted by molar-refractivity contribution is 0.641. The van der Waals surface area contributed by atoms with E-state index in [4.69, 9.17) is 5.73 Å². The first-order valence-electron chi connectivity index (χ1n) is 5.68. The number of rotatable bonds is 4. The number of hydrogen-bond donors (Lipinski definition) is 1. The minimum Gasteiger partial charge on any atom is -0.323 e. The van der Waals surface area contributed by atoms with Crippen molar-refractivity contribution in [1.82, 2.24) is 19.4 Å². The lowest BCUT2D eigenvalue weighted by Gasteiger charge is -2.09. The molecular formula is C11H17N5S. The molecule has 2 N–H and O–H groups in total.